The first-order chi connectivity index (χ1) is 7.65. The molecular weight excluding hydrogens is 234 g/mol. The summed E-state index contributed by atoms with van der Waals surface area (Å²) in [6, 6.07) is 0. The van der Waals surface area contributed by atoms with Crippen molar-refractivity contribution < 1.29 is 19.5 Å². The number of aliphatic carboxylic acids is 1. The van der Waals surface area contributed by atoms with Crippen LogP contribution in [0.4, 0.5) is 5.13 Å². The lowest BCUT2D eigenvalue weighted by Gasteiger charge is -2.07. The Labute approximate surface area is 94.5 Å². The molecule has 85 valence electrons. The highest BCUT2D eigenvalue weighted by Crippen LogP contribution is 2.20. The van der Waals surface area contributed by atoms with Crippen LogP contribution >= 0.6 is 11.3 Å². The highest BCUT2D eigenvalue weighted by atomic mass is 32.1. The zero-order valence-electron chi connectivity index (χ0n) is 7.99. The molecule has 0 fully saturated rings. The highest BCUT2D eigenvalue weighted by Gasteiger charge is 2.23. The molecule has 0 aliphatic heterocycles. The maximum atomic E-state index is 10.9. The van der Waals surface area contributed by atoms with E-state index in [2.05, 4.69) is 15.0 Å². The van der Waals surface area contributed by atoms with Crippen LogP contribution in [-0.4, -0.2) is 35.2 Å². The summed E-state index contributed by atoms with van der Waals surface area (Å²) < 4.78 is 0. The fraction of sp³-hybridized carbons (Fsp3) is 0.250. The molecule has 1 aromatic rings. The van der Waals surface area contributed by atoms with Crippen molar-refractivity contribution in [3.8, 4) is 0 Å². The molecule has 0 aliphatic rings. The Morgan fingerprint density at radius 3 is 3.12 bits per heavy atom. The second kappa shape index (κ2) is 5.81. The van der Waals surface area contributed by atoms with Gasteiger partial charge >= 0.3 is 5.97 Å². The molecule has 0 saturated carbocycles. The number of hydrogen-bond acceptors (Lipinski definition) is 7. The molecule has 3 N–H and O–H groups in total. The number of nitrogens with zero attached hydrogens (tertiary/aromatic N) is 2. The van der Waals surface area contributed by atoms with E-state index in [9.17, 15) is 9.59 Å². The fourth-order valence-corrected chi connectivity index (χ4v) is 1.54. The fourth-order valence-electron chi connectivity index (χ4n) is 0.920. The average Bonchev–Trinajstić information content (AvgIpc) is 2.64. The zero-order valence-corrected chi connectivity index (χ0v) is 8.81. The number of anilines is 1. The minimum atomic E-state index is -1.10. The van der Waals surface area contributed by atoms with E-state index in [1.807, 2.05) is 0 Å². The number of carbonyl (C=O) groups is 1. The van der Waals surface area contributed by atoms with E-state index in [4.69, 9.17) is 10.8 Å². The first kappa shape index (κ1) is 12.1. The Morgan fingerprint density at radius 2 is 2.62 bits per heavy atom. The van der Waals surface area contributed by atoms with Crippen molar-refractivity contribution in [2.24, 2.45) is 5.16 Å². The van der Waals surface area contributed by atoms with Gasteiger partial charge in [0.15, 0.2) is 5.13 Å². The molecule has 1 radical (unpaired) electrons. The number of nitrogens with two attached hydrogens (primary N) is 1. The van der Waals surface area contributed by atoms with Gasteiger partial charge in [-0.05, 0) is 0 Å². The van der Waals surface area contributed by atoms with Crippen molar-refractivity contribution in [2.45, 2.75) is 5.92 Å². The van der Waals surface area contributed by atoms with Crippen molar-refractivity contribution in [2.75, 3.05) is 12.3 Å². The Morgan fingerprint density at radius 1 is 1.88 bits per heavy atom. The zero-order chi connectivity index (χ0) is 12.0. The number of rotatable bonds is 6. The third-order valence-corrected chi connectivity index (χ3v) is 2.31. The lowest BCUT2D eigenvalue weighted by Crippen LogP contribution is -2.17. The summed E-state index contributed by atoms with van der Waals surface area (Å²) >= 11 is 1.14. The summed E-state index contributed by atoms with van der Waals surface area (Å²) in [7, 11) is 0. The van der Waals surface area contributed by atoms with Gasteiger partial charge in [0.05, 0.1) is 5.69 Å². The van der Waals surface area contributed by atoms with Crippen molar-refractivity contribution >= 4 is 34.9 Å². The molecule has 0 amide bonds. The Hall–Kier alpha value is -1.96. The molecule has 0 aliphatic carbocycles. The maximum absolute atomic E-state index is 10.9. The van der Waals surface area contributed by atoms with Crippen LogP contribution < -0.4 is 5.73 Å². The number of carbonyl (C=O) groups excluding carboxylic acids is 1. The summed E-state index contributed by atoms with van der Waals surface area (Å²) in [6.07, 6.45) is 2.13. The van der Waals surface area contributed by atoms with Gasteiger partial charge in [0.1, 0.15) is 18.7 Å². The van der Waals surface area contributed by atoms with Crippen LogP contribution in [0.5, 0.6) is 0 Å². The summed E-state index contributed by atoms with van der Waals surface area (Å²) in [5.41, 5.74) is 5.69. The molecule has 1 rings (SSSR count). The highest BCUT2D eigenvalue weighted by molar-refractivity contribution is 7.13. The van der Waals surface area contributed by atoms with E-state index in [1.54, 1.807) is 0 Å². The molecule has 1 unspecified atom stereocenters. The second-order valence-corrected chi connectivity index (χ2v) is 3.54. The van der Waals surface area contributed by atoms with Gasteiger partial charge in [0.2, 0.25) is 6.29 Å². The Kier molecular flexibility index (Phi) is 4.40. The lowest BCUT2D eigenvalue weighted by molar-refractivity contribution is -0.140. The minimum absolute atomic E-state index is 0.226. The number of aromatic nitrogens is 1. The van der Waals surface area contributed by atoms with Gasteiger partial charge in [-0.3, -0.25) is 9.59 Å². The molecule has 0 aromatic carbocycles. The van der Waals surface area contributed by atoms with Gasteiger partial charge in [-0.1, -0.05) is 5.16 Å². The number of thiazole rings is 1. The summed E-state index contributed by atoms with van der Waals surface area (Å²) in [5.74, 6) is -2.06. The van der Waals surface area contributed by atoms with Gasteiger partial charge in [0.25, 0.3) is 0 Å². The summed E-state index contributed by atoms with van der Waals surface area (Å²) in [5, 5.41) is 13.9. The topological polar surface area (TPSA) is 115 Å². The van der Waals surface area contributed by atoms with Crippen molar-refractivity contribution in [3.05, 3.63) is 11.1 Å². The molecular formula is C8H8N3O4S. The molecule has 1 heterocycles. The molecule has 16 heavy (non-hydrogen) atoms. The van der Waals surface area contributed by atoms with E-state index in [0.717, 1.165) is 17.6 Å². The van der Waals surface area contributed by atoms with E-state index in [-0.39, 0.29) is 11.7 Å². The summed E-state index contributed by atoms with van der Waals surface area (Å²) in [6.45, 7) is -0.226. The molecule has 0 bridgehead atoms. The maximum Gasteiger partial charge on any atom is 0.316 e. The van der Waals surface area contributed by atoms with E-state index >= 15 is 0 Å². The monoisotopic (exact) mass is 242 g/mol. The Balaban J connectivity index is 2.65. The lowest BCUT2D eigenvalue weighted by atomic mass is 10.1. The van der Waals surface area contributed by atoms with Crippen LogP contribution in [0.1, 0.15) is 11.6 Å². The van der Waals surface area contributed by atoms with Crippen LogP contribution in [0.3, 0.4) is 0 Å². The Bertz CT molecular complexity index is 404. The van der Waals surface area contributed by atoms with Crippen LogP contribution in [0.15, 0.2) is 10.5 Å². The molecule has 7 nitrogen and oxygen atoms in total. The van der Waals surface area contributed by atoms with Crippen molar-refractivity contribution in [3.63, 3.8) is 0 Å². The van der Waals surface area contributed by atoms with Gasteiger partial charge < -0.3 is 15.7 Å². The van der Waals surface area contributed by atoms with E-state index < -0.39 is 11.9 Å². The van der Waals surface area contributed by atoms with Gasteiger partial charge in [-0.2, -0.15) is 0 Å². The first-order valence-electron chi connectivity index (χ1n) is 4.10. The van der Waals surface area contributed by atoms with Gasteiger partial charge in [0, 0.05) is 5.38 Å². The second-order valence-electron chi connectivity index (χ2n) is 2.65. The van der Waals surface area contributed by atoms with Crippen molar-refractivity contribution in [1.29, 1.82) is 0 Å². The van der Waals surface area contributed by atoms with Crippen LogP contribution in [0.2, 0.25) is 0 Å². The number of hydrogen-bond donors (Lipinski definition) is 2. The predicted octanol–water partition coefficient (Wildman–Crippen LogP) is 0.00560. The SMILES string of the molecule is Nc1nc(C(CO/N=C/[C]=O)C(=O)O)cs1. The van der Waals surface area contributed by atoms with Gasteiger partial charge in [-0.25, -0.2) is 4.98 Å². The minimum Gasteiger partial charge on any atom is -0.481 e. The van der Waals surface area contributed by atoms with Crippen LogP contribution in [0.25, 0.3) is 0 Å². The predicted molar refractivity (Wildman–Crippen MR) is 57.0 cm³/mol. The van der Waals surface area contributed by atoms with Crippen molar-refractivity contribution in [1.82, 2.24) is 4.98 Å². The largest absolute Gasteiger partial charge is 0.481 e. The van der Waals surface area contributed by atoms with Crippen LogP contribution in [0, 0.1) is 0 Å². The van der Waals surface area contributed by atoms with Gasteiger partial charge in [-0.15, -0.1) is 11.3 Å². The number of nitrogen functional groups attached to an aromatic ring is 1. The molecule has 1 atom stereocenters. The average molecular weight is 242 g/mol. The number of carboxylic acid groups (broad SMARTS) is 1. The quantitative estimate of drug-likeness (QED) is 0.536. The smallest absolute Gasteiger partial charge is 0.316 e. The summed E-state index contributed by atoms with van der Waals surface area (Å²) in [4.78, 5) is 29.1. The molecule has 8 heteroatoms. The van der Waals surface area contributed by atoms with E-state index in [0.29, 0.717) is 5.69 Å². The van der Waals surface area contributed by atoms with Crippen LogP contribution in [-0.2, 0) is 14.4 Å². The standard InChI is InChI=1S/C8H8N3O4S/c9-8-11-6(4-16-8)5(7(13)14)3-15-10-1-2-12/h1,4-5H,3H2,(H2,9,11)(H,13,14)/b10-1+. The first-order valence-corrected chi connectivity index (χ1v) is 4.98. The number of oxime groups is 1. The third-order valence-electron chi connectivity index (χ3n) is 1.62. The third kappa shape index (κ3) is 3.31. The molecule has 0 saturated heterocycles. The normalized spacial score (nSPS) is 12.5. The molecule has 0 spiro atoms. The molecule has 1 aromatic heterocycles. The van der Waals surface area contributed by atoms with E-state index in [1.165, 1.54) is 11.7 Å². The number of carboxylic acids is 1.